The molecule has 2 amide bonds. The van der Waals surface area contributed by atoms with Crippen molar-refractivity contribution in [2.75, 3.05) is 31.0 Å². The summed E-state index contributed by atoms with van der Waals surface area (Å²) in [5.74, 6) is 0.632. The average Bonchev–Trinajstić information content (AvgIpc) is 3.40. The highest BCUT2D eigenvalue weighted by atomic mass is 32.1. The van der Waals surface area contributed by atoms with E-state index in [0.717, 1.165) is 16.3 Å². The molecule has 1 aliphatic rings. The SMILES string of the molecule is COc1ccc(C(=O)Nc2nnc([C@@H]3CC(=O)N(c4ccccc4C)C3)s2)c(OC)c1. The summed E-state index contributed by atoms with van der Waals surface area (Å²) in [4.78, 5) is 27.1. The quantitative estimate of drug-likeness (QED) is 0.632. The first-order valence-electron chi connectivity index (χ1n) is 9.73. The highest BCUT2D eigenvalue weighted by molar-refractivity contribution is 7.15. The number of rotatable bonds is 6. The fourth-order valence-electron chi connectivity index (χ4n) is 3.57. The Labute approximate surface area is 183 Å². The van der Waals surface area contributed by atoms with Crippen LogP contribution in [0.2, 0.25) is 0 Å². The van der Waals surface area contributed by atoms with Gasteiger partial charge in [-0.25, -0.2) is 0 Å². The molecule has 2 aromatic carbocycles. The lowest BCUT2D eigenvalue weighted by Gasteiger charge is -2.18. The Hall–Kier alpha value is -3.46. The number of carbonyl (C=O) groups is 2. The predicted molar refractivity (Wildman–Crippen MR) is 118 cm³/mol. The van der Waals surface area contributed by atoms with E-state index in [1.54, 1.807) is 30.2 Å². The first-order chi connectivity index (χ1) is 15.0. The number of hydrogen-bond acceptors (Lipinski definition) is 7. The van der Waals surface area contributed by atoms with E-state index in [4.69, 9.17) is 9.47 Å². The van der Waals surface area contributed by atoms with Crippen LogP contribution >= 0.6 is 11.3 Å². The fraction of sp³-hybridized carbons (Fsp3) is 0.273. The minimum Gasteiger partial charge on any atom is -0.497 e. The Morgan fingerprint density at radius 2 is 1.97 bits per heavy atom. The number of benzene rings is 2. The van der Waals surface area contributed by atoms with Gasteiger partial charge in [0.1, 0.15) is 16.5 Å². The standard InChI is InChI=1S/C22H22N4O4S/c1-13-6-4-5-7-17(13)26-12-14(10-19(26)27)21-24-25-22(31-21)23-20(28)16-9-8-15(29-2)11-18(16)30-3/h4-9,11,14H,10,12H2,1-3H3,(H,23,25,28)/t14-/m1/s1. The van der Waals surface area contributed by atoms with Crippen molar-refractivity contribution in [1.82, 2.24) is 10.2 Å². The lowest BCUT2D eigenvalue weighted by Crippen LogP contribution is -2.25. The summed E-state index contributed by atoms with van der Waals surface area (Å²) < 4.78 is 10.5. The number of ether oxygens (including phenoxy) is 2. The van der Waals surface area contributed by atoms with Gasteiger partial charge < -0.3 is 14.4 Å². The van der Waals surface area contributed by atoms with Crippen molar-refractivity contribution in [3.05, 3.63) is 58.6 Å². The predicted octanol–water partition coefficient (Wildman–Crippen LogP) is 3.64. The van der Waals surface area contributed by atoms with Gasteiger partial charge in [-0.1, -0.05) is 29.5 Å². The Morgan fingerprint density at radius 3 is 2.71 bits per heavy atom. The third-order valence-corrected chi connectivity index (χ3v) is 6.20. The lowest BCUT2D eigenvalue weighted by atomic mass is 10.1. The topological polar surface area (TPSA) is 93.7 Å². The molecular formula is C22H22N4O4S. The van der Waals surface area contributed by atoms with E-state index < -0.39 is 0 Å². The van der Waals surface area contributed by atoms with Crippen molar-refractivity contribution in [2.24, 2.45) is 0 Å². The first-order valence-corrected chi connectivity index (χ1v) is 10.5. The van der Waals surface area contributed by atoms with E-state index in [-0.39, 0.29) is 17.7 Å². The second-order valence-electron chi connectivity index (χ2n) is 7.16. The van der Waals surface area contributed by atoms with E-state index in [1.807, 2.05) is 31.2 Å². The number of anilines is 2. The zero-order valence-electron chi connectivity index (χ0n) is 17.4. The molecule has 1 atom stereocenters. The molecule has 31 heavy (non-hydrogen) atoms. The van der Waals surface area contributed by atoms with Crippen LogP contribution in [0.4, 0.5) is 10.8 Å². The van der Waals surface area contributed by atoms with Gasteiger partial charge in [0.2, 0.25) is 11.0 Å². The summed E-state index contributed by atoms with van der Waals surface area (Å²) in [7, 11) is 3.04. The molecule has 0 spiro atoms. The number of methoxy groups -OCH3 is 2. The summed E-state index contributed by atoms with van der Waals surface area (Å²) in [6.07, 6.45) is 0.364. The van der Waals surface area contributed by atoms with E-state index in [0.29, 0.717) is 35.2 Å². The van der Waals surface area contributed by atoms with Gasteiger partial charge in [0.25, 0.3) is 5.91 Å². The molecule has 1 saturated heterocycles. The summed E-state index contributed by atoms with van der Waals surface area (Å²) in [5, 5.41) is 12.2. The molecule has 1 N–H and O–H groups in total. The molecule has 2 heterocycles. The molecular weight excluding hydrogens is 416 g/mol. The molecule has 0 bridgehead atoms. The zero-order chi connectivity index (χ0) is 22.0. The highest BCUT2D eigenvalue weighted by Gasteiger charge is 2.34. The molecule has 160 valence electrons. The lowest BCUT2D eigenvalue weighted by molar-refractivity contribution is -0.117. The van der Waals surface area contributed by atoms with Gasteiger partial charge in [0, 0.05) is 30.6 Å². The molecule has 1 fully saturated rings. The van der Waals surface area contributed by atoms with Crippen molar-refractivity contribution in [2.45, 2.75) is 19.3 Å². The average molecular weight is 439 g/mol. The van der Waals surface area contributed by atoms with Gasteiger partial charge in [-0.15, -0.1) is 10.2 Å². The minimum absolute atomic E-state index is 0.0584. The van der Waals surface area contributed by atoms with Crippen LogP contribution < -0.4 is 19.7 Å². The van der Waals surface area contributed by atoms with Crippen LogP contribution in [0.5, 0.6) is 11.5 Å². The van der Waals surface area contributed by atoms with Gasteiger partial charge in [0.05, 0.1) is 19.8 Å². The second kappa shape index (κ2) is 8.73. The van der Waals surface area contributed by atoms with Crippen LogP contribution in [0.3, 0.4) is 0 Å². The van der Waals surface area contributed by atoms with Crippen LogP contribution in [-0.2, 0) is 4.79 Å². The van der Waals surface area contributed by atoms with Gasteiger partial charge >= 0.3 is 0 Å². The number of amides is 2. The Kier molecular flexibility index (Phi) is 5.85. The molecule has 1 aromatic heterocycles. The number of aromatic nitrogens is 2. The maximum Gasteiger partial charge on any atom is 0.261 e. The number of nitrogens with one attached hydrogen (secondary N) is 1. The van der Waals surface area contributed by atoms with Crippen LogP contribution in [0.15, 0.2) is 42.5 Å². The summed E-state index contributed by atoms with van der Waals surface area (Å²) >= 11 is 1.28. The molecule has 0 radical (unpaired) electrons. The Balaban J connectivity index is 1.47. The smallest absolute Gasteiger partial charge is 0.261 e. The van der Waals surface area contributed by atoms with Gasteiger partial charge in [0.15, 0.2) is 0 Å². The van der Waals surface area contributed by atoms with Crippen molar-refractivity contribution in [3.63, 3.8) is 0 Å². The molecule has 8 nitrogen and oxygen atoms in total. The monoisotopic (exact) mass is 438 g/mol. The second-order valence-corrected chi connectivity index (χ2v) is 8.17. The maximum atomic E-state index is 12.7. The summed E-state index contributed by atoms with van der Waals surface area (Å²) in [6.45, 7) is 2.53. The van der Waals surface area contributed by atoms with E-state index in [2.05, 4.69) is 15.5 Å². The van der Waals surface area contributed by atoms with Crippen molar-refractivity contribution in [3.8, 4) is 11.5 Å². The van der Waals surface area contributed by atoms with Gasteiger partial charge in [-0.3, -0.25) is 14.9 Å². The normalized spacial score (nSPS) is 15.8. The molecule has 0 aliphatic carbocycles. The fourth-order valence-corrected chi connectivity index (χ4v) is 4.40. The molecule has 3 aromatic rings. The van der Waals surface area contributed by atoms with Gasteiger partial charge in [-0.05, 0) is 30.7 Å². The molecule has 0 unspecified atom stereocenters. The largest absolute Gasteiger partial charge is 0.497 e. The Morgan fingerprint density at radius 1 is 1.16 bits per heavy atom. The number of para-hydroxylation sites is 1. The van der Waals surface area contributed by atoms with E-state index >= 15 is 0 Å². The number of carbonyl (C=O) groups excluding carboxylic acids is 2. The molecule has 0 saturated carbocycles. The third kappa shape index (κ3) is 4.22. The van der Waals surface area contributed by atoms with Crippen LogP contribution in [0.25, 0.3) is 0 Å². The van der Waals surface area contributed by atoms with Crippen molar-refractivity contribution < 1.29 is 19.1 Å². The number of aryl methyl sites for hydroxylation is 1. The molecule has 9 heteroatoms. The molecule has 1 aliphatic heterocycles. The van der Waals surface area contributed by atoms with E-state index in [9.17, 15) is 9.59 Å². The van der Waals surface area contributed by atoms with E-state index in [1.165, 1.54) is 18.4 Å². The van der Waals surface area contributed by atoms with Crippen molar-refractivity contribution >= 4 is 34.0 Å². The highest BCUT2D eigenvalue weighted by Crippen LogP contribution is 2.35. The van der Waals surface area contributed by atoms with Crippen LogP contribution in [0.1, 0.15) is 33.3 Å². The number of nitrogens with zero attached hydrogens (tertiary/aromatic N) is 3. The van der Waals surface area contributed by atoms with Crippen LogP contribution in [-0.4, -0.2) is 42.8 Å². The molecule has 4 rings (SSSR count). The third-order valence-electron chi connectivity index (χ3n) is 5.19. The first kappa shape index (κ1) is 20.8. The Bertz CT molecular complexity index is 1130. The van der Waals surface area contributed by atoms with Crippen LogP contribution in [0, 0.1) is 6.92 Å². The zero-order valence-corrected chi connectivity index (χ0v) is 18.2. The summed E-state index contributed by atoms with van der Waals surface area (Å²) in [5.41, 5.74) is 2.33. The maximum absolute atomic E-state index is 12.7. The van der Waals surface area contributed by atoms with Crippen molar-refractivity contribution in [1.29, 1.82) is 0 Å². The minimum atomic E-state index is -0.355. The van der Waals surface area contributed by atoms with Gasteiger partial charge in [-0.2, -0.15) is 0 Å². The summed E-state index contributed by atoms with van der Waals surface area (Å²) in [6, 6.07) is 12.8. The number of hydrogen-bond donors (Lipinski definition) is 1.